The lowest BCUT2D eigenvalue weighted by atomic mass is 9.98. The van der Waals surface area contributed by atoms with Crippen LogP contribution in [0.15, 0.2) is 66.7 Å². The molecule has 3 heterocycles. The molecule has 0 fully saturated rings. The second-order valence-corrected chi connectivity index (χ2v) is 9.83. The Morgan fingerprint density at radius 2 is 1.85 bits per heavy atom. The number of imidazole rings is 1. The van der Waals surface area contributed by atoms with Crippen LogP contribution in [0.1, 0.15) is 66.1 Å². The van der Waals surface area contributed by atoms with E-state index in [4.69, 9.17) is 11.6 Å². The van der Waals surface area contributed by atoms with Crippen molar-refractivity contribution < 1.29 is 14.6 Å². The molecule has 0 bridgehead atoms. The van der Waals surface area contributed by atoms with E-state index in [2.05, 4.69) is 32.5 Å². The van der Waals surface area contributed by atoms with Crippen LogP contribution in [0.5, 0.6) is 0 Å². The van der Waals surface area contributed by atoms with E-state index >= 15 is 0 Å². The van der Waals surface area contributed by atoms with Gasteiger partial charge < -0.3 is 14.9 Å². The number of aromatic nitrogens is 7. The molecule has 0 saturated heterocycles. The number of tetrazole rings is 1. The highest BCUT2D eigenvalue weighted by Gasteiger charge is 2.29. The van der Waals surface area contributed by atoms with Gasteiger partial charge in [0.1, 0.15) is 17.6 Å². The smallest absolute Gasteiger partial charge is 0.277 e. The van der Waals surface area contributed by atoms with Gasteiger partial charge in [0.05, 0.1) is 0 Å². The summed E-state index contributed by atoms with van der Waals surface area (Å²) in [6, 6.07) is 20.2. The average Bonchev–Trinajstić information content (AvgIpc) is 3.60. The van der Waals surface area contributed by atoms with Crippen molar-refractivity contribution in [1.29, 1.82) is 0 Å². The zero-order valence-electron chi connectivity index (χ0n) is 22.1. The summed E-state index contributed by atoms with van der Waals surface area (Å²) in [5.74, 6) is 0.626. The third-order valence-corrected chi connectivity index (χ3v) is 6.99. The summed E-state index contributed by atoms with van der Waals surface area (Å²) in [5.41, 5.74) is 3.80. The Morgan fingerprint density at radius 3 is 2.52 bits per heavy atom. The first kappa shape index (κ1) is 27.2. The second kappa shape index (κ2) is 11.8. The minimum atomic E-state index is -1.03. The van der Waals surface area contributed by atoms with E-state index in [0.717, 1.165) is 35.1 Å². The minimum absolute atomic E-state index is 0.0456. The van der Waals surface area contributed by atoms with Gasteiger partial charge in [0.15, 0.2) is 5.15 Å². The first-order valence-electron chi connectivity index (χ1n) is 13.0. The van der Waals surface area contributed by atoms with Crippen LogP contribution in [0.3, 0.4) is 0 Å². The number of H-pyrrole nitrogens is 1. The Hall–Kier alpha value is -4.41. The van der Waals surface area contributed by atoms with Crippen LogP contribution in [-0.4, -0.2) is 41.1 Å². The number of nitrogens with zero attached hydrogens (tertiary/aromatic N) is 6. The van der Waals surface area contributed by atoms with E-state index in [1.807, 2.05) is 48.5 Å². The van der Waals surface area contributed by atoms with Gasteiger partial charge >= 0.3 is 0 Å². The van der Waals surface area contributed by atoms with Crippen molar-refractivity contribution in [2.24, 2.45) is 0 Å². The molecule has 0 amide bonds. The van der Waals surface area contributed by atoms with Crippen molar-refractivity contribution in [3.63, 3.8) is 0 Å². The van der Waals surface area contributed by atoms with Crippen LogP contribution >= 0.6 is 11.6 Å². The number of benzene rings is 2. The van der Waals surface area contributed by atoms with Crippen molar-refractivity contribution in [3.8, 4) is 22.5 Å². The molecule has 3 aromatic heterocycles. The fraction of sp³-hybridized carbons (Fsp3) is 0.241. The van der Waals surface area contributed by atoms with Crippen molar-refractivity contribution in [2.75, 3.05) is 0 Å². The summed E-state index contributed by atoms with van der Waals surface area (Å²) in [4.78, 5) is 18.2. The molecule has 2 N–H and O–H groups in total. The predicted molar refractivity (Wildman–Crippen MR) is 149 cm³/mol. The van der Waals surface area contributed by atoms with E-state index in [9.17, 15) is 15.1 Å². The molecular formula is C29H28ClN7O3. The largest absolute Gasteiger partial charge is 0.618 e. The van der Waals surface area contributed by atoms with Gasteiger partial charge in [0, 0.05) is 30.7 Å². The van der Waals surface area contributed by atoms with Gasteiger partial charge in [-0.2, -0.15) is 9.94 Å². The average molecular weight is 558 g/mol. The van der Waals surface area contributed by atoms with Gasteiger partial charge in [-0.3, -0.25) is 4.79 Å². The number of halogens is 1. The molecule has 0 saturated carbocycles. The lowest BCUT2D eigenvalue weighted by Crippen LogP contribution is -2.40. The van der Waals surface area contributed by atoms with E-state index in [1.54, 1.807) is 10.6 Å². The highest BCUT2D eigenvalue weighted by atomic mass is 35.5. The molecule has 0 radical (unpaired) electrons. The number of carbonyl (C=O) groups excluding carboxylic acids is 1. The second-order valence-electron chi connectivity index (χ2n) is 9.47. The van der Waals surface area contributed by atoms with Gasteiger partial charge in [-0.05, 0) is 41.3 Å². The van der Waals surface area contributed by atoms with E-state index < -0.39 is 11.9 Å². The molecule has 0 aliphatic rings. The zero-order chi connectivity index (χ0) is 28.2. The van der Waals surface area contributed by atoms with Crippen LogP contribution in [0, 0.1) is 5.21 Å². The van der Waals surface area contributed by atoms with Gasteiger partial charge in [-0.1, -0.05) is 73.5 Å². The van der Waals surface area contributed by atoms with E-state index in [0.29, 0.717) is 29.3 Å². The maximum absolute atomic E-state index is 13.7. The molecular weight excluding hydrogens is 530 g/mol. The van der Waals surface area contributed by atoms with Crippen molar-refractivity contribution >= 4 is 17.4 Å². The lowest BCUT2D eigenvalue weighted by molar-refractivity contribution is -0.620. The summed E-state index contributed by atoms with van der Waals surface area (Å²) < 4.78 is 2.25. The first-order valence-corrected chi connectivity index (χ1v) is 13.4. The summed E-state index contributed by atoms with van der Waals surface area (Å²) in [5, 5.41) is 37.3. The molecule has 40 heavy (non-hydrogen) atoms. The Balaban J connectivity index is 1.51. The molecule has 204 valence electrons. The number of pyridine rings is 1. The molecule has 5 rings (SSSR count). The molecule has 0 spiro atoms. The standard InChI is InChI=1S/C29H28ClN7O3/c1-3-4-12-25-31-28(30)26(27(39)24-11-7-10-23(18(2)38)37(24)40)36(25)17-19-13-15-20(16-14-19)21-8-5-6-9-22(21)29-32-34-35-33-29/h5-11,13-16,18,38H,3-4,12,17H2,1-2H3,(H,32,33,34,35). The van der Waals surface area contributed by atoms with E-state index in [1.165, 1.54) is 19.1 Å². The summed E-state index contributed by atoms with van der Waals surface area (Å²) in [6.07, 6.45) is 1.41. The number of hydrogen-bond acceptors (Lipinski definition) is 7. The lowest BCUT2D eigenvalue weighted by Gasteiger charge is -2.14. The fourth-order valence-corrected chi connectivity index (χ4v) is 4.95. The number of rotatable bonds is 10. The molecule has 1 unspecified atom stereocenters. The third kappa shape index (κ3) is 5.36. The number of aliphatic hydroxyl groups is 1. The number of unbranched alkanes of at least 4 members (excludes halogenated alkanes) is 1. The number of aryl methyl sites for hydroxylation is 1. The predicted octanol–water partition coefficient (Wildman–Crippen LogP) is 4.69. The molecule has 10 nitrogen and oxygen atoms in total. The number of carbonyl (C=O) groups is 1. The maximum Gasteiger partial charge on any atom is 0.277 e. The van der Waals surface area contributed by atoms with Gasteiger partial charge in [-0.15, -0.1) is 10.2 Å². The van der Waals surface area contributed by atoms with Crippen LogP contribution in [0.2, 0.25) is 5.15 Å². The molecule has 11 heteroatoms. The fourth-order valence-electron chi connectivity index (χ4n) is 4.67. The van der Waals surface area contributed by atoms with Crippen molar-refractivity contribution in [3.05, 3.63) is 106 Å². The summed E-state index contributed by atoms with van der Waals surface area (Å²) in [7, 11) is 0. The van der Waals surface area contributed by atoms with Crippen LogP contribution in [0.4, 0.5) is 0 Å². The maximum atomic E-state index is 13.7. The molecule has 2 aromatic carbocycles. The van der Waals surface area contributed by atoms with E-state index in [-0.39, 0.29) is 22.2 Å². The Bertz CT molecular complexity index is 1630. The monoisotopic (exact) mass is 557 g/mol. The van der Waals surface area contributed by atoms with Gasteiger partial charge in [-0.25, -0.2) is 4.98 Å². The summed E-state index contributed by atoms with van der Waals surface area (Å²) in [6.45, 7) is 3.89. The Morgan fingerprint density at radius 1 is 1.10 bits per heavy atom. The SMILES string of the molecule is CCCCc1nc(Cl)c(C(=O)c2cccc(C(C)O)[n+]2[O-])n1Cc1ccc(-c2ccccc2-c2nn[nH]n2)cc1. The number of nitrogens with one attached hydrogen (secondary N) is 1. The highest BCUT2D eigenvalue weighted by molar-refractivity contribution is 6.33. The zero-order valence-corrected chi connectivity index (χ0v) is 22.8. The minimum Gasteiger partial charge on any atom is -0.618 e. The third-order valence-electron chi connectivity index (χ3n) is 6.73. The highest BCUT2D eigenvalue weighted by Crippen LogP contribution is 2.30. The number of aliphatic hydroxyl groups excluding tert-OH is 1. The number of aromatic amines is 1. The van der Waals surface area contributed by atoms with Crippen molar-refractivity contribution in [1.82, 2.24) is 30.2 Å². The van der Waals surface area contributed by atoms with Crippen LogP contribution in [-0.2, 0) is 13.0 Å². The normalized spacial score (nSPS) is 12.0. The van der Waals surface area contributed by atoms with Crippen LogP contribution in [0.25, 0.3) is 22.5 Å². The van der Waals surface area contributed by atoms with Crippen LogP contribution < -0.4 is 4.73 Å². The molecule has 0 aliphatic heterocycles. The first-order chi connectivity index (χ1) is 19.4. The van der Waals surface area contributed by atoms with Crippen molar-refractivity contribution in [2.45, 2.75) is 45.8 Å². The number of hydrogen-bond donors (Lipinski definition) is 2. The summed E-state index contributed by atoms with van der Waals surface area (Å²) >= 11 is 6.53. The molecule has 5 aromatic rings. The Kier molecular flexibility index (Phi) is 7.99. The van der Waals surface area contributed by atoms with Gasteiger partial charge in [0.25, 0.3) is 11.5 Å². The topological polar surface area (TPSA) is 137 Å². The number of ketones is 1. The quantitative estimate of drug-likeness (QED) is 0.144. The molecule has 0 aliphatic carbocycles. The van der Waals surface area contributed by atoms with Gasteiger partial charge in [0.2, 0.25) is 11.5 Å². The Labute approximate surface area is 235 Å². The molecule has 1 atom stereocenters.